The van der Waals surface area contributed by atoms with E-state index in [4.69, 9.17) is 0 Å². The normalized spacial score (nSPS) is 41.3. The molecule has 0 amide bonds. The molecule has 3 heteroatoms. The summed E-state index contributed by atoms with van der Waals surface area (Å²) in [5.74, 6) is 1.58. The third-order valence-electron chi connectivity index (χ3n) is 6.54. The first-order valence-electron chi connectivity index (χ1n) is 8.05. The van der Waals surface area contributed by atoms with E-state index in [1.807, 2.05) is 6.07 Å². The van der Waals surface area contributed by atoms with Gasteiger partial charge in [-0.2, -0.15) is 0 Å². The minimum atomic E-state index is -0.209. The van der Waals surface area contributed by atoms with Gasteiger partial charge in [-0.3, -0.25) is 4.79 Å². The lowest BCUT2D eigenvalue weighted by molar-refractivity contribution is -0.0208. The lowest BCUT2D eigenvalue weighted by atomic mass is 9.55. The number of carbonyl (C=O) groups excluding carboxylic acids is 1. The van der Waals surface area contributed by atoms with Crippen LogP contribution in [0.3, 0.4) is 0 Å². The van der Waals surface area contributed by atoms with Gasteiger partial charge in [0, 0.05) is 12.0 Å². The highest BCUT2D eigenvalue weighted by Crippen LogP contribution is 2.60. The number of ketones is 1. The Balaban J connectivity index is 1.77. The van der Waals surface area contributed by atoms with Crippen molar-refractivity contribution in [2.75, 3.05) is 0 Å². The number of aromatic hydroxyl groups is 1. The number of hydrogen-bond donors (Lipinski definition) is 2. The van der Waals surface area contributed by atoms with Crippen molar-refractivity contribution in [2.24, 2.45) is 17.3 Å². The first-order valence-corrected chi connectivity index (χ1v) is 8.05. The first kappa shape index (κ1) is 13.3. The number of aliphatic hydroxyl groups excluding tert-OH is 1. The fourth-order valence-corrected chi connectivity index (χ4v) is 5.36. The van der Waals surface area contributed by atoms with E-state index in [1.165, 1.54) is 0 Å². The topological polar surface area (TPSA) is 57.5 Å². The van der Waals surface area contributed by atoms with Crippen LogP contribution in [0.2, 0.25) is 0 Å². The van der Waals surface area contributed by atoms with Crippen molar-refractivity contribution < 1.29 is 15.0 Å². The van der Waals surface area contributed by atoms with Gasteiger partial charge in [-0.25, -0.2) is 0 Å². The van der Waals surface area contributed by atoms with E-state index in [0.29, 0.717) is 24.2 Å². The van der Waals surface area contributed by atoms with E-state index < -0.39 is 0 Å². The van der Waals surface area contributed by atoms with E-state index in [0.717, 1.165) is 36.8 Å². The van der Waals surface area contributed by atoms with Gasteiger partial charge in [0.2, 0.25) is 0 Å². The molecule has 0 unspecified atom stereocenters. The first-order chi connectivity index (χ1) is 10.0. The van der Waals surface area contributed by atoms with E-state index in [9.17, 15) is 15.0 Å². The highest BCUT2D eigenvalue weighted by Gasteiger charge is 2.55. The van der Waals surface area contributed by atoms with E-state index in [1.54, 1.807) is 12.1 Å². The van der Waals surface area contributed by atoms with Crippen LogP contribution in [0, 0.1) is 17.3 Å². The van der Waals surface area contributed by atoms with Crippen molar-refractivity contribution in [3.05, 3.63) is 29.3 Å². The molecule has 112 valence electrons. The molecule has 2 N–H and O–H groups in total. The van der Waals surface area contributed by atoms with Crippen LogP contribution < -0.4 is 0 Å². The molecule has 5 atom stereocenters. The van der Waals surface area contributed by atoms with Crippen LogP contribution in [0.1, 0.15) is 60.9 Å². The summed E-state index contributed by atoms with van der Waals surface area (Å²) in [7, 11) is 0. The van der Waals surface area contributed by atoms with E-state index in [-0.39, 0.29) is 23.1 Å². The van der Waals surface area contributed by atoms with E-state index >= 15 is 0 Å². The standard InChI is InChI=1S/C18H22O3/c1-18-7-6-12-11-3-2-10(19)8-14(11)16(20)9-13(12)15(18)4-5-17(18)21/h2-3,8,12-13,15,17,19,21H,4-7,9H2,1H3/t12-,13+,15-,17+,18+/m1/s1. The molecule has 1 aromatic rings. The molecule has 1 aromatic carbocycles. The molecule has 3 aliphatic carbocycles. The number of aliphatic hydroxyl groups is 1. The van der Waals surface area contributed by atoms with Crippen LogP contribution in [0.5, 0.6) is 5.75 Å². The lowest BCUT2D eigenvalue weighted by Gasteiger charge is -2.49. The van der Waals surface area contributed by atoms with Gasteiger partial charge < -0.3 is 10.2 Å². The van der Waals surface area contributed by atoms with Crippen molar-refractivity contribution in [3.63, 3.8) is 0 Å². The fourth-order valence-electron chi connectivity index (χ4n) is 5.36. The summed E-state index contributed by atoms with van der Waals surface area (Å²) in [6.07, 6.45) is 4.36. The highest BCUT2D eigenvalue weighted by atomic mass is 16.3. The highest BCUT2D eigenvalue weighted by molar-refractivity contribution is 5.99. The van der Waals surface area contributed by atoms with Crippen LogP contribution in [-0.4, -0.2) is 22.1 Å². The molecule has 3 nitrogen and oxygen atoms in total. The third kappa shape index (κ3) is 1.73. The molecule has 3 aliphatic rings. The number of phenols is 1. The summed E-state index contributed by atoms with van der Waals surface area (Å²) in [6.45, 7) is 2.21. The Hall–Kier alpha value is -1.35. The summed E-state index contributed by atoms with van der Waals surface area (Å²) in [5, 5.41) is 20.0. The summed E-state index contributed by atoms with van der Waals surface area (Å²) >= 11 is 0. The van der Waals surface area contributed by atoms with Crippen LogP contribution in [0.15, 0.2) is 18.2 Å². The number of rotatable bonds is 0. The minimum absolute atomic E-state index is 0.00410. The van der Waals surface area contributed by atoms with Gasteiger partial charge >= 0.3 is 0 Å². The molecular weight excluding hydrogens is 264 g/mol. The van der Waals surface area contributed by atoms with Gasteiger partial charge in [0.1, 0.15) is 5.75 Å². The molecule has 0 spiro atoms. The molecule has 0 saturated heterocycles. The Morgan fingerprint density at radius 2 is 2.05 bits per heavy atom. The second-order valence-electron chi connectivity index (χ2n) is 7.41. The molecule has 0 aromatic heterocycles. The van der Waals surface area contributed by atoms with Crippen molar-refractivity contribution in [3.8, 4) is 5.75 Å². The van der Waals surface area contributed by atoms with Gasteiger partial charge in [0.05, 0.1) is 6.10 Å². The molecule has 4 rings (SSSR count). The van der Waals surface area contributed by atoms with Gasteiger partial charge in [-0.15, -0.1) is 0 Å². The lowest BCUT2D eigenvalue weighted by Crippen LogP contribution is -2.44. The maximum absolute atomic E-state index is 12.5. The predicted octanol–water partition coefficient (Wildman–Crippen LogP) is 3.25. The maximum atomic E-state index is 12.5. The smallest absolute Gasteiger partial charge is 0.163 e. The van der Waals surface area contributed by atoms with Crippen molar-refractivity contribution in [2.45, 2.75) is 51.0 Å². The Kier molecular flexibility index (Phi) is 2.74. The second-order valence-corrected chi connectivity index (χ2v) is 7.41. The Morgan fingerprint density at radius 3 is 2.86 bits per heavy atom. The van der Waals surface area contributed by atoms with Crippen LogP contribution in [0.4, 0.5) is 0 Å². The van der Waals surface area contributed by atoms with Crippen LogP contribution in [0.25, 0.3) is 0 Å². The molecular formula is C18H22O3. The monoisotopic (exact) mass is 286 g/mol. The Bertz CT molecular complexity index is 608. The Labute approximate surface area is 125 Å². The zero-order valence-corrected chi connectivity index (χ0v) is 12.4. The SMILES string of the molecule is C[C@]12CC[C@@H]3c4ccc(O)cc4C(=O)C[C@@H]3[C@H]1CC[C@@H]2O. The zero-order chi connectivity index (χ0) is 14.8. The summed E-state index contributed by atoms with van der Waals surface area (Å²) in [5.41, 5.74) is 1.84. The molecule has 2 fully saturated rings. The number of hydrogen-bond acceptors (Lipinski definition) is 3. The van der Waals surface area contributed by atoms with Gasteiger partial charge in [0.25, 0.3) is 0 Å². The Morgan fingerprint density at radius 1 is 1.24 bits per heavy atom. The predicted molar refractivity (Wildman–Crippen MR) is 79.4 cm³/mol. The van der Waals surface area contributed by atoms with Gasteiger partial charge in [-0.05, 0) is 66.5 Å². The largest absolute Gasteiger partial charge is 0.508 e. The molecule has 0 heterocycles. The summed E-state index contributed by atoms with van der Waals surface area (Å²) in [4.78, 5) is 12.5. The van der Waals surface area contributed by atoms with Crippen molar-refractivity contribution in [1.82, 2.24) is 0 Å². The molecule has 0 radical (unpaired) electrons. The third-order valence-corrected chi connectivity index (χ3v) is 6.54. The zero-order valence-electron chi connectivity index (χ0n) is 12.4. The van der Waals surface area contributed by atoms with Crippen molar-refractivity contribution >= 4 is 5.78 Å². The number of Topliss-reactive ketones (excluding diaryl/α,β-unsaturated/α-hetero) is 1. The number of carbonyl (C=O) groups is 1. The average molecular weight is 286 g/mol. The molecule has 0 bridgehead atoms. The number of fused-ring (bicyclic) bond motifs is 5. The van der Waals surface area contributed by atoms with Crippen LogP contribution in [-0.2, 0) is 0 Å². The maximum Gasteiger partial charge on any atom is 0.163 e. The molecule has 21 heavy (non-hydrogen) atoms. The second kappa shape index (κ2) is 4.33. The van der Waals surface area contributed by atoms with Crippen LogP contribution >= 0.6 is 0 Å². The quantitative estimate of drug-likeness (QED) is 0.769. The minimum Gasteiger partial charge on any atom is -0.508 e. The van der Waals surface area contributed by atoms with E-state index in [2.05, 4.69) is 6.92 Å². The summed E-state index contributed by atoms with van der Waals surface area (Å²) in [6, 6.07) is 5.27. The molecule has 0 aliphatic heterocycles. The fraction of sp³-hybridized carbons (Fsp3) is 0.611. The van der Waals surface area contributed by atoms with Crippen molar-refractivity contribution in [1.29, 1.82) is 0 Å². The number of benzene rings is 1. The summed E-state index contributed by atoms with van der Waals surface area (Å²) < 4.78 is 0. The van der Waals surface area contributed by atoms with Gasteiger partial charge in [-0.1, -0.05) is 13.0 Å². The average Bonchev–Trinajstić information content (AvgIpc) is 2.76. The number of phenolic OH excluding ortho intramolecular Hbond substituents is 1. The molecule has 2 saturated carbocycles. The van der Waals surface area contributed by atoms with Gasteiger partial charge in [0.15, 0.2) is 5.78 Å².